The number of nitrogens with zero attached hydrogens (tertiary/aromatic N) is 2. The van der Waals surface area contributed by atoms with Gasteiger partial charge in [-0.1, -0.05) is 12.1 Å². The van der Waals surface area contributed by atoms with Gasteiger partial charge >= 0.3 is 0 Å². The monoisotopic (exact) mass is 188 g/mol. The summed E-state index contributed by atoms with van der Waals surface area (Å²) in [6.07, 6.45) is 1.15. The molecule has 12 heavy (non-hydrogen) atoms. The molecule has 0 spiro atoms. The summed E-state index contributed by atoms with van der Waals surface area (Å²) in [7, 11) is 0. The van der Waals surface area contributed by atoms with E-state index in [1.807, 2.05) is 0 Å². The summed E-state index contributed by atoms with van der Waals surface area (Å²) < 4.78 is 4.72. The summed E-state index contributed by atoms with van der Waals surface area (Å²) in [5.74, 6) is 2.82. The van der Waals surface area contributed by atoms with Crippen LogP contribution in [0.15, 0.2) is 4.52 Å². The van der Waals surface area contributed by atoms with E-state index >= 15 is 0 Å². The Labute approximate surface area is 75.4 Å². The van der Waals surface area contributed by atoms with Crippen LogP contribution in [0.3, 0.4) is 0 Å². The summed E-state index contributed by atoms with van der Waals surface area (Å²) in [4.78, 5) is 3.95. The molecule has 0 radical (unpaired) electrons. The van der Waals surface area contributed by atoms with E-state index in [-0.39, 0.29) is 6.61 Å². The Morgan fingerprint density at radius 2 is 2.42 bits per heavy atom. The van der Waals surface area contributed by atoms with Crippen molar-refractivity contribution in [2.75, 3.05) is 5.75 Å². The average molecular weight is 188 g/mol. The van der Waals surface area contributed by atoms with Crippen LogP contribution >= 0.6 is 11.8 Å². The predicted octanol–water partition coefficient (Wildman–Crippen LogP) is 1.21. The lowest BCUT2D eigenvalue weighted by atomic mass is 10.6. The summed E-state index contributed by atoms with van der Waals surface area (Å²) in [5, 5.41) is 12.3. The van der Waals surface area contributed by atoms with Gasteiger partial charge in [-0.05, 0) is 12.2 Å². The first kappa shape index (κ1) is 9.54. The number of aliphatic hydroxyl groups is 1. The minimum absolute atomic E-state index is 0.175. The normalized spacial score (nSPS) is 10.5. The van der Waals surface area contributed by atoms with Crippen LogP contribution in [0.4, 0.5) is 0 Å². The molecule has 1 N–H and O–H groups in total. The van der Waals surface area contributed by atoms with Crippen molar-refractivity contribution in [3.8, 4) is 0 Å². The molecule has 68 valence electrons. The molecule has 1 aromatic rings. The topological polar surface area (TPSA) is 59.2 Å². The molecule has 5 heteroatoms. The highest BCUT2D eigenvalue weighted by Gasteiger charge is 2.03. The lowest BCUT2D eigenvalue weighted by Gasteiger charge is -1.91. The molecule has 0 aliphatic rings. The number of hydrogen-bond donors (Lipinski definition) is 1. The average Bonchev–Trinajstić information content (AvgIpc) is 2.53. The van der Waals surface area contributed by atoms with E-state index in [9.17, 15) is 0 Å². The summed E-state index contributed by atoms with van der Waals surface area (Å²) in [6, 6.07) is 0. The minimum Gasteiger partial charge on any atom is -0.387 e. The quantitative estimate of drug-likeness (QED) is 0.704. The smallest absolute Gasteiger partial charge is 0.252 e. The number of rotatable bonds is 5. The zero-order chi connectivity index (χ0) is 8.81. The van der Waals surface area contributed by atoms with Crippen LogP contribution in [0.1, 0.15) is 25.1 Å². The van der Waals surface area contributed by atoms with Gasteiger partial charge in [0.25, 0.3) is 5.89 Å². The van der Waals surface area contributed by atoms with Crippen LogP contribution in [-0.2, 0) is 12.4 Å². The standard InChI is InChI=1S/C7H12N2O2S/c1-2-3-12-5-6-8-7(4-10)11-9-6/h10H,2-5H2,1H3. The van der Waals surface area contributed by atoms with Crippen LogP contribution in [-0.4, -0.2) is 21.0 Å². The molecule has 4 nitrogen and oxygen atoms in total. The fourth-order valence-electron chi connectivity index (χ4n) is 0.721. The first-order valence-electron chi connectivity index (χ1n) is 3.87. The van der Waals surface area contributed by atoms with Gasteiger partial charge in [0.1, 0.15) is 6.61 Å². The van der Waals surface area contributed by atoms with Crippen LogP contribution in [0, 0.1) is 0 Å². The molecular formula is C7H12N2O2S. The first-order valence-corrected chi connectivity index (χ1v) is 5.02. The highest BCUT2D eigenvalue weighted by molar-refractivity contribution is 7.98. The molecule has 0 amide bonds. The third-order valence-electron chi connectivity index (χ3n) is 1.23. The molecule has 0 unspecified atom stereocenters. The van der Waals surface area contributed by atoms with Crippen molar-refractivity contribution in [1.82, 2.24) is 10.1 Å². The van der Waals surface area contributed by atoms with Crippen molar-refractivity contribution >= 4 is 11.8 Å². The van der Waals surface area contributed by atoms with Gasteiger partial charge in [0, 0.05) is 0 Å². The van der Waals surface area contributed by atoms with Crippen LogP contribution in [0.2, 0.25) is 0 Å². The van der Waals surface area contributed by atoms with Crippen molar-refractivity contribution in [1.29, 1.82) is 0 Å². The van der Waals surface area contributed by atoms with E-state index in [4.69, 9.17) is 9.63 Å². The largest absolute Gasteiger partial charge is 0.387 e. The van der Waals surface area contributed by atoms with Crippen molar-refractivity contribution in [3.63, 3.8) is 0 Å². The predicted molar refractivity (Wildman–Crippen MR) is 46.7 cm³/mol. The maximum Gasteiger partial charge on any atom is 0.252 e. The fourth-order valence-corrected chi connectivity index (χ4v) is 1.45. The SMILES string of the molecule is CCCSCc1noc(CO)n1. The number of hydrogen-bond acceptors (Lipinski definition) is 5. The maximum absolute atomic E-state index is 8.62. The fraction of sp³-hybridized carbons (Fsp3) is 0.714. The summed E-state index contributed by atoms with van der Waals surface area (Å²) in [6.45, 7) is 1.95. The second-order valence-corrected chi connectivity index (χ2v) is 3.42. The third-order valence-corrected chi connectivity index (χ3v) is 2.38. The second-order valence-electron chi connectivity index (χ2n) is 2.32. The Morgan fingerprint density at radius 3 is 3.00 bits per heavy atom. The molecule has 0 saturated heterocycles. The van der Waals surface area contributed by atoms with Gasteiger partial charge in [-0.15, -0.1) is 0 Å². The zero-order valence-electron chi connectivity index (χ0n) is 6.99. The summed E-state index contributed by atoms with van der Waals surface area (Å²) >= 11 is 1.76. The van der Waals surface area contributed by atoms with E-state index in [1.165, 1.54) is 0 Å². The Morgan fingerprint density at radius 1 is 1.58 bits per heavy atom. The Balaban J connectivity index is 2.31. The Bertz CT molecular complexity index is 227. The van der Waals surface area contributed by atoms with Crippen LogP contribution in [0.5, 0.6) is 0 Å². The van der Waals surface area contributed by atoms with Gasteiger partial charge in [-0.2, -0.15) is 16.7 Å². The van der Waals surface area contributed by atoms with Crippen molar-refractivity contribution in [2.24, 2.45) is 0 Å². The molecule has 0 bridgehead atoms. The molecule has 1 rings (SSSR count). The molecule has 0 fully saturated rings. The highest BCUT2D eigenvalue weighted by atomic mass is 32.2. The highest BCUT2D eigenvalue weighted by Crippen LogP contribution is 2.09. The van der Waals surface area contributed by atoms with Gasteiger partial charge in [-0.3, -0.25) is 0 Å². The maximum atomic E-state index is 8.62. The van der Waals surface area contributed by atoms with E-state index in [0.29, 0.717) is 11.7 Å². The van der Waals surface area contributed by atoms with Crippen LogP contribution < -0.4 is 0 Å². The zero-order valence-corrected chi connectivity index (χ0v) is 7.80. The first-order chi connectivity index (χ1) is 5.86. The molecule has 0 aliphatic carbocycles. The van der Waals surface area contributed by atoms with Gasteiger partial charge in [0.05, 0.1) is 5.75 Å². The van der Waals surface area contributed by atoms with Gasteiger partial charge in [0.2, 0.25) is 0 Å². The molecule has 1 heterocycles. The van der Waals surface area contributed by atoms with E-state index in [2.05, 4.69) is 17.1 Å². The third kappa shape index (κ3) is 2.83. The molecule has 1 aromatic heterocycles. The number of thioether (sulfide) groups is 1. The van der Waals surface area contributed by atoms with Gasteiger partial charge in [-0.25, -0.2) is 0 Å². The summed E-state index contributed by atoms with van der Waals surface area (Å²) in [5.41, 5.74) is 0. The van der Waals surface area contributed by atoms with Crippen molar-refractivity contribution in [2.45, 2.75) is 25.7 Å². The molecule has 0 atom stereocenters. The van der Waals surface area contributed by atoms with Crippen molar-refractivity contribution < 1.29 is 9.63 Å². The van der Waals surface area contributed by atoms with Gasteiger partial charge < -0.3 is 9.63 Å². The molecule has 0 saturated carbocycles. The van der Waals surface area contributed by atoms with Crippen molar-refractivity contribution in [3.05, 3.63) is 11.7 Å². The van der Waals surface area contributed by atoms with E-state index in [0.717, 1.165) is 17.9 Å². The van der Waals surface area contributed by atoms with Crippen LogP contribution in [0.25, 0.3) is 0 Å². The number of aliphatic hydroxyl groups excluding tert-OH is 1. The molecular weight excluding hydrogens is 176 g/mol. The molecule has 0 aromatic carbocycles. The Hall–Kier alpha value is -0.550. The lowest BCUT2D eigenvalue weighted by molar-refractivity contribution is 0.222. The molecule has 0 aliphatic heterocycles. The second kappa shape index (κ2) is 5.16. The Kier molecular flexibility index (Phi) is 4.10. The minimum atomic E-state index is -0.175. The van der Waals surface area contributed by atoms with Gasteiger partial charge in [0.15, 0.2) is 5.82 Å². The lowest BCUT2D eigenvalue weighted by Crippen LogP contribution is -1.86. The van der Waals surface area contributed by atoms with E-state index < -0.39 is 0 Å². The number of aromatic nitrogens is 2. The van der Waals surface area contributed by atoms with E-state index in [1.54, 1.807) is 11.8 Å².